The Bertz CT molecular complexity index is 570. The summed E-state index contributed by atoms with van der Waals surface area (Å²) in [5.41, 5.74) is 0.641. The summed E-state index contributed by atoms with van der Waals surface area (Å²) in [5.74, 6) is 1.02. The van der Waals surface area contributed by atoms with E-state index in [9.17, 15) is 4.79 Å². The van der Waals surface area contributed by atoms with Crippen LogP contribution in [0.3, 0.4) is 0 Å². The highest BCUT2D eigenvalue weighted by Crippen LogP contribution is 2.11. The van der Waals surface area contributed by atoms with Crippen LogP contribution < -0.4 is 4.74 Å². The van der Waals surface area contributed by atoms with Crippen LogP contribution in [0.2, 0.25) is 0 Å². The Morgan fingerprint density at radius 2 is 1.72 bits per heavy atom. The lowest BCUT2D eigenvalue weighted by Crippen LogP contribution is -2.50. The van der Waals surface area contributed by atoms with E-state index in [1.54, 1.807) is 12.1 Å². The van der Waals surface area contributed by atoms with E-state index >= 15 is 0 Å². The Kier molecular flexibility index (Phi) is 7.71. The van der Waals surface area contributed by atoms with Crippen molar-refractivity contribution >= 4 is 5.91 Å². The van der Waals surface area contributed by atoms with Gasteiger partial charge < -0.3 is 9.64 Å². The molecule has 0 atom stereocenters. The fourth-order valence-electron chi connectivity index (χ4n) is 2.96. The second kappa shape index (κ2) is 10.0. The fourth-order valence-corrected chi connectivity index (χ4v) is 2.96. The maximum atomic E-state index is 12.2. The molecule has 2 rings (SSSR count). The van der Waals surface area contributed by atoms with Crippen LogP contribution in [-0.2, 0) is 4.79 Å². The highest BCUT2D eigenvalue weighted by Gasteiger charge is 2.20. The first-order valence-electron chi connectivity index (χ1n) is 9.01. The van der Waals surface area contributed by atoms with Crippen molar-refractivity contribution < 1.29 is 9.53 Å². The second-order valence-electron chi connectivity index (χ2n) is 6.17. The monoisotopic (exact) mass is 344 g/mol. The zero-order chi connectivity index (χ0) is 18.1. The van der Waals surface area contributed by atoms with Crippen molar-refractivity contribution in [3.8, 4) is 11.8 Å². The van der Waals surface area contributed by atoms with E-state index in [4.69, 9.17) is 10.00 Å². The third-order valence-corrected chi connectivity index (χ3v) is 4.60. The van der Waals surface area contributed by atoms with E-state index in [1.807, 2.05) is 30.9 Å². The highest BCUT2D eigenvalue weighted by atomic mass is 16.5. The minimum absolute atomic E-state index is 0.225. The number of benzene rings is 1. The summed E-state index contributed by atoms with van der Waals surface area (Å²) in [5, 5.41) is 8.78. The second-order valence-corrected chi connectivity index (χ2v) is 6.17. The van der Waals surface area contributed by atoms with E-state index < -0.39 is 0 Å². The van der Waals surface area contributed by atoms with Crippen molar-refractivity contribution in [3.05, 3.63) is 29.8 Å². The SMILES string of the molecule is CCN(CC)C(=O)CN1CCN(CCOc2ccc(C#N)cc2)CC1. The summed E-state index contributed by atoms with van der Waals surface area (Å²) in [6.07, 6.45) is 0. The maximum Gasteiger partial charge on any atom is 0.236 e. The zero-order valence-corrected chi connectivity index (χ0v) is 15.3. The Labute approximate surface area is 150 Å². The summed E-state index contributed by atoms with van der Waals surface area (Å²) in [6.45, 7) is 11.4. The van der Waals surface area contributed by atoms with E-state index in [2.05, 4.69) is 15.9 Å². The molecule has 1 saturated heterocycles. The number of ether oxygens (including phenoxy) is 1. The number of likely N-dealkylation sites (N-methyl/N-ethyl adjacent to an activating group) is 1. The lowest BCUT2D eigenvalue weighted by molar-refractivity contribution is -0.132. The molecule has 1 aromatic rings. The molecule has 0 radical (unpaired) electrons. The zero-order valence-electron chi connectivity index (χ0n) is 15.3. The average Bonchev–Trinajstić information content (AvgIpc) is 2.65. The van der Waals surface area contributed by atoms with Crippen LogP contribution in [-0.4, -0.2) is 79.6 Å². The van der Waals surface area contributed by atoms with Gasteiger partial charge in [-0.05, 0) is 38.1 Å². The molecule has 136 valence electrons. The smallest absolute Gasteiger partial charge is 0.236 e. The molecule has 6 nitrogen and oxygen atoms in total. The Morgan fingerprint density at radius 1 is 1.12 bits per heavy atom. The van der Waals surface area contributed by atoms with E-state index in [-0.39, 0.29) is 5.91 Å². The van der Waals surface area contributed by atoms with Crippen molar-refractivity contribution in [1.29, 1.82) is 5.26 Å². The third-order valence-electron chi connectivity index (χ3n) is 4.60. The quantitative estimate of drug-likeness (QED) is 0.714. The van der Waals surface area contributed by atoms with Gasteiger partial charge >= 0.3 is 0 Å². The lowest BCUT2D eigenvalue weighted by Gasteiger charge is -2.35. The molecule has 25 heavy (non-hydrogen) atoms. The van der Waals surface area contributed by atoms with Crippen LogP contribution in [0.25, 0.3) is 0 Å². The summed E-state index contributed by atoms with van der Waals surface area (Å²) in [7, 11) is 0. The molecule has 0 aromatic heterocycles. The van der Waals surface area contributed by atoms with Crippen LogP contribution in [0.15, 0.2) is 24.3 Å². The van der Waals surface area contributed by atoms with Gasteiger partial charge in [0.15, 0.2) is 0 Å². The molecular formula is C19H28N4O2. The van der Waals surface area contributed by atoms with Gasteiger partial charge in [-0.15, -0.1) is 0 Å². The van der Waals surface area contributed by atoms with Crippen LogP contribution >= 0.6 is 0 Å². The van der Waals surface area contributed by atoms with E-state index in [0.29, 0.717) is 18.7 Å². The van der Waals surface area contributed by atoms with Gasteiger partial charge in [-0.1, -0.05) is 0 Å². The number of nitrogens with zero attached hydrogens (tertiary/aromatic N) is 4. The molecule has 0 N–H and O–H groups in total. The number of hydrogen-bond donors (Lipinski definition) is 0. The van der Waals surface area contributed by atoms with Crippen molar-refractivity contribution in [2.45, 2.75) is 13.8 Å². The van der Waals surface area contributed by atoms with Gasteiger partial charge in [0.1, 0.15) is 12.4 Å². The van der Waals surface area contributed by atoms with Gasteiger partial charge in [0.2, 0.25) is 5.91 Å². The standard InChI is InChI=1S/C19H28N4O2/c1-3-23(4-2)19(24)16-22-11-9-21(10-12-22)13-14-25-18-7-5-17(15-20)6-8-18/h5-8H,3-4,9-14,16H2,1-2H3. The molecule has 0 saturated carbocycles. The van der Waals surface area contributed by atoms with E-state index in [1.165, 1.54) is 0 Å². The number of piperazine rings is 1. The van der Waals surface area contributed by atoms with Crippen LogP contribution in [0.5, 0.6) is 5.75 Å². The summed E-state index contributed by atoms with van der Waals surface area (Å²) in [4.78, 5) is 18.6. The van der Waals surface area contributed by atoms with Crippen LogP contribution in [0.4, 0.5) is 0 Å². The number of carbonyl (C=O) groups excluding carboxylic acids is 1. The highest BCUT2D eigenvalue weighted by molar-refractivity contribution is 5.78. The predicted molar refractivity (Wildman–Crippen MR) is 97.5 cm³/mol. The average molecular weight is 344 g/mol. The number of nitriles is 1. The molecule has 1 amide bonds. The van der Waals surface area contributed by atoms with Crippen LogP contribution in [0, 0.1) is 11.3 Å². The van der Waals surface area contributed by atoms with Crippen molar-refractivity contribution in [2.75, 3.05) is 59.0 Å². The first kappa shape index (κ1) is 19.2. The molecule has 6 heteroatoms. The number of carbonyl (C=O) groups is 1. The lowest BCUT2D eigenvalue weighted by atomic mass is 10.2. The number of amides is 1. The predicted octanol–water partition coefficient (Wildman–Crippen LogP) is 1.42. The van der Waals surface area contributed by atoms with Gasteiger partial charge in [-0.3, -0.25) is 14.6 Å². The fraction of sp³-hybridized carbons (Fsp3) is 0.579. The molecular weight excluding hydrogens is 316 g/mol. The molecule has 0 unspecified atom stereocenters. The summed E-state index contributed by atoms with van der Waals surface area (Å²) < 4.78 is 5.73. The number of hydrogen-bond acceptors (Lipinski definition) is 5. The largest absolute Gasteiger partial charge is 0.492 e. The normalized spacial score (nSPS) is 15.6. The first-order valence-corrected chi connectivity index (χ1v) is 9.01. The molecule has 1 fully saturated rings. The van der Waals surface area contributed by atoms with Crippen molar-refractivity contribution in [1.82, 2.24) is 14.7 Å². The minimum Gasteiger partial charge on any atom is -0.492 e. The summed E-state index contributed by atoms with van der Waals surface area (Å²) in [6, 6.07) is 9.29. The van der Waals surface area contributed by atoms with E-state index in [0.717, 1.165) is 51.6 Å². The molecule has 1 aliphatic heterocycles. The number of rotatable bonds is 8. The van der Waals surface area contributed by atoms with Gasteiger partial charge in [0.25, 0.3) is 0 Å². The van der Waals surface area contributed by atoms with Crippen LogP contribution in [0.1, 0.15) is 19.4 Å². The molecule has 0 aliphatic carbocycles. The Hall–Kier alpha value is -2.10. The van der Waals surface area contributed by atoms with Gasteiger partial charge in [-0.2, -0.15) is 5.26 Å². The Morgan fingerprint density at radius 3 is 2.28 bits per heavy atom. The Balaban J connectivity index is 1.65. The molecule has 0 bridgehead atoms. The van der Waals surface area contributed by atoms with Gasteiger partial charge in [0, 0.05) is 45.8 Å². The maximum absolute atomic E-state index is 12.2. The molecule has 1 heterocycles. The molecule has 1 aliphatic rings. The first-order chi connectivity index (χ1) is 12.2. The molecule has 0 spiro atoms. The third kappa shape index (κ3) is 6.04. The minimum atomic E-state index is 0.225. The molecule has 1 aromatic carbocycles. The van der Waals surface area contributed by atoms with Gasteiger partial charge in [-0.25, -0.2) is 0 Å². The van der Waals surface area contributed by atoms with Crippen molar-refractivity contribution in [2.24, 2.45) is 0 Å². The summed E-state index contributed by atoms with van der Waals surface area (Å²) >= 11 is 0. The van der Waals surface area contributed by atoms with Gasteiger partial charge in [0.05, 0.1) is 18.2 Å². The topological polar surface area (TPSA) is 59.8 Å². The van der Waals surface area contributed by atoms with Crippen molar-refractivity contribution in [3.63, 3.8) is 0 Å².